The lowest BCUT2D eigenvalue weighted by Crippen LogP contribution is -2.17. The highest BCUT2D eigenvalue weighted by Crippen LogP contribution is 2.32. The summed E-state index contributed by atoms with van der Waals surface area (Å²) in [6, 6.07) is 9.57. The maximum atomic E-state index is 9.52. The van der Waals surface area contributed by atoms with Crippen LogP contribution >= 0.6 is 23.2 Å². The number of aromatic hydroxyl groups is 1. The van der Waals surface area contributed by atoms with E-state index in [0.717, 1.165) is 35.4 Å². The van der Waals surface area contributed by atoms with Gasteiger partial charge in [0.25, 0.3) is 0 Å². The molecule has 0 fully saturated rings. The second-order valence-electron chi connectivity index (χ2n) is 5.51. The van der Waals surface area contributed by atoms with Crippen LogP contribution in [0.25, 0.3) is 0 Å². The minimum atomic E-state index is -0.0703. The van der Waals surface area contributed by atoms with Crippen molar-refractivity contribution in [3.05, 3.63) is 57.1 Å². The topological polar surface area (TPSA) is 41.5 Å². The van der Waals surface area contributed by atoms with Crippen LogP contribution in [0.5, 0.6) is 11.5 Å². The number of nitrogens with one attached hydrogen (secondary N) is 1. The Bertz CT molecular complexity index is 631. The summed E-state index contributed by atoms with van der Waals surface area (Å²) in [5, 5.41) is 13.4. The highest BCUT2D eigenvalue weighted by Gasteiger charge is 2.06. The van der Waals surface area contributed by atoms with Gasteiger partial charge < -0.3 is 15.2 Å². The van der Waals surface area contributed by atoms with Crippen LogP contribution in [0.3, 0.4) is 0 Å². The van der Waals surface area contributed by atoms with Crippen LogP contribution in [0.2, 0.25) is 10.0 Å². The summed E-state index contributed by atoms with van der Waals surface area (Å²) in [7, 11) is 0. The average molecular weight is 354 g/mol. The lowest BCUT2D eigenvalue weighted by Gasteiger charge is -2.12. The van der Waals surface area contributed by atoms with Crippen molar-refractivity contribution in [1.82, 2.24) is 5.32 Å². The Balaban J connectivity index is 1.72. The van der Waals surface area contributed by atoms with Crippen LogP contribution in [0.15, 0.2) is 30.3 Å². The third-order valence-corrected chi connectivity index (χ3v) is 4.14. The molecular weight excluding hydrogens is 333 g/mol. The number of hydrogen-bond acceptors (Lipinski definition) is 3. The number of ether oxygens (including phenoxy) is 1. The number of hydrogen-bond donors (Lipinski definition) is 2. The quantitative estimate of drug-likeness (QED) is 0.697. The van der Waals surface area contributed by atoms with Crippen LogP contribution in [0.4, 0.5) is 0 Å². The van der Waals surface area contributed by atoms with E-state index >= 15 is 0 Å². The molecule has 2 rings (SSSR count). The number of aryl methyl sites for hydroxylation is 2. The summed E-state index contributed by atoms with van der Waals surface area (Å²) < 4.78 is 5.86. The maximum absolute atomic E-state index is 9.52. The summed E-state index contributed by atoms with van der Waals surface area (Å²) in [6.07, 6.45) is 0.896. The van der Waals surface area contributed by atoms with Gasteiger partial charge in [-0.05, 0) is 55.6 Å². The molecular formula is C18H21Cl2NO2. The molecule has 2 N–H and O–H groups in total. The van der Waals surface area contributed by atoms with Crippen LogP contribution in [-0.2, 0) is 6.54 Å². The molecule has 0 heterocycles. The predicted molar refractivity (Wildman–Crippen MR) is 95.9 cm³/mol. The Kier molecular flexibility index (Phi) is 6.58. The van der Waals surface area contributed by atoms with E-state index < -0.39 is 0 Å². The molecule has 0 spiro atoms. The van der Waals surface area contributed by atoms with E-state index in [2.05, 4.69) is 31.3 Å². The Morgan fingerprint density at radius 2 is 1.70 bits per heavy atom. The zero-order valence-electron chi connectivity index (χ0n) is 13.3. The van der Waals surface area contributed by atoms with E-state index in [9.17, 15) is 5.11 Å². The molecule has 0 atom stereocenters. The van der Waals surface area contributed by atoms with Crippen molar-refractivity contribution < 1.29 is 9.84 Å². The van der Waals surface area contributed by atoms with Gasteiger partial charge in [0, 0.05) is 6.54 Å². The molecule has 2 aromatic rings. The van der Waals surface area contributed by atoms with E-state index in [0.29, 0.717) is 13.2 Å². The minimum absolute atomic E-state index is 0.0703. The molecule has 23 heavy (non-hydrogen) atoms. The van der Waals surface area contributed by atoms with E-state index in [-0.39, 0.29) is 15.8 Å². The fourth-order valence-electron chi connectivity index (χ4n) is 2.35. The fraction of sp³-hybridized carbons (Fsp3) is 0.333. The molecule has 0 bridgehead atoms. The third-order valence-electron chi connectivity index (χ3n) is 3.56. The second-order valence-corrected chi connectivity index (χ2v) is 6.32. The molecule has 0 aliphatic carbocycles. The van der Waals surface area contributed by atoms with Gasteiger partial charge in [-0.25, -0.2) is 0 Å². The molecule has 0 radical (unpaired) electrons. The zero-order valence-corrected chi connectivity index (χ0v) is 14.8. The highest BCUT2D eigenvalue weighted by atomic mass is 35.5. The lowest BCUT2D eigenvalue weighted by atomic mass is 10.1. The summed E-state index contributed by atoms with van der Waals surface area (Å²) in [5.74, 6) is 0.906. The lowest BCUT2D eigenvalue weighted by molar-refractivity contribution is 0.304. The Labute approximate surface area is 147 Å². The third kappa shape index (κ3) is 5.03. The molecule has 0 aromatic heterocycles. The van der Waals surface area contributed by atoms with Gasteiger partial charge in [0.15, 0.2) is 5.75 Å². The summed E-state index contributed by atoms with van der Waals surface area (Å²) >= 11 is 11.8. The van der Waals surface area contributed by atoms with Crippen molar-refractivity contribution in [2.75, 3.05) is 13.2 Å². The van der Waals surface area contributed by atoms with Gasteiger partial charge in [-0.3, -0.25) is 0 Å². The van der Waals surface area contributed by atoms with E-state index in [1.165, 1.54) is 0 Å². The molecule has 0 saturated heterocycles. The van der Waals surface area contributed by atoms with E-state index in [4.69, 9.17) is 27.9 Å². The molecule has 0 amide bonds. The Morgan fingerprint density at radius 3 is 2.30 bits per heavy atom. The SMILES string of the molecule is Cc1cccc(C)c1OCCCNCc1cc(Cl)c(O)c(Cl)c1. The van der Waals surface area contributed by atoms with Gasteiger partial charge in [0.05, 0.1) is 16.7 Å². The summed E-state index contributed by atoms with van der Waals surface area (Å²) in [6.45, 7) is 6.23. The Hall–Kier alpha value is -1.42. The van der Waals surface area contributed by atoms with Crippen molar-refractivity contribution >= 4 is 23.2 Å². The monoisotopic (exact) mass is 353 g/mol. The first-order chi connectivity index (χ1) is 11.0. The van der Waals surface area contributed by atoms with Gasteiger partial charge in [0.1, 0.15) is 5.75 Å². The first-order valence-corrected chi connectivity index (χ1v) is 8.31. The Morgan fingerprint density at radius 1 is 1.09 bits per heavy atom. The van der Waals surface area contributed by atoms with Gasteiger partial charge in [-0.15, -0.1) is 0 Å². The largest absolute Gasteiger partial charge is 0.505 e. The predicted octanol–water partition coefficient (Wildman–Crippen LogP) is 4.87. The normalized spacial score (nSPS) is 10.8. The molecule has 0 saturated carbocycles. The number of phenols is 1. The van der Waals surface area contributed by atoms with Crippen molar-refractivity contribution in [3.8, 4) is 11.5 Å². The highest BCUT2D eigenvalue weighted by molar-refractivity contribution is 6.37. The standard InChI is InChI=1S/C18H21Cl2NO2/c1-12-5-3-6-13(2)18(12)23-8-4-7-21-11-14-9-15(19)17(22)16(20)10-14/h3,5-6,9-10,21-22H,4,7-8,11H2,1-2H3. The van der Waals surface area contributed by atoms with Gasteiger partial charge >= 0.3 is 0 Å². The van der Waals surface area contributed by atoms with Crippen molar-refractivity contribution in [2.24, 2.45) is 0 Å². The van der Waals surface area contributed by atoms with E-state index in [1.54, 1.807) is 12.1 Å². The van der Waals surface area contributed by atoms with Crippen LogP contribution < -0.4 is 10.1 Å². The molecule has 124 valence electrons. The molecule has 5 heteroatoms. The molecule has 3 nitrogen and oxygen atoms in total. The first kappa shape index (κ1) is 17.9. The first-order valence-electron chi connectivity index (χ1n) is 7.55. The number of benzene rings is 2. The summed E-state index contributed by atoms with van der Waals surface area (Å²) in [5.41, 5.74) is 3.26. The zero-order chi connectivity index (χ0) is 16.8. The van der Waals surface area contributed by atoms with Crippen molar-refractivity contribution in [2.45, 2.75) is 26.8 Å². The van der Waals surface area contributed by atoms with Gasteiger partial charge in [-0.2, -0.15) is 0 Å². The van der Waals surface area contributed by atoms with Crippen LogP contribution in [-0.4, -0.2) is 18.3 Å². The smallest absolute Gasteiger partial charge is 0.152 e. The maximum Gasteiger partial charge on any atom is 0.152 e. The van der Waals surface area contributed by atoms with E-state index in [1.807, 2.05) is 6.07 Å². The molecule has 2 aromatic carbocycles. The number of halogens is 2. The number of phenolic OH excluding ortho intramolecular Hbond substituents is 1. The molecule has 0 aliphatic rings. The molecule has 0 unspecified atom stereocenters. The fourth-order valence-corrected chi connectivity index (χ4v) is 2.88. The van der Waals surface area contributed by atoms with Gasteiger partial charge in [0.2, 0.25) is 0 Å². The van der Waals surface area contributed by atoms with Crippen molar-refractivity contribution in [3.63, 3.8) is 0 Å². The molecule has 0 aliphatic heterocycles. The number of rotatable bonds is 7. The second kappa shape index (κ2) is 8.44. The van der Waals surface area contributed by atoms with Crippen LogP contribution in [0.1, 0.15) is 23.1 Å². The van der Waals surface area contributed by atoms with Crippen molar-refractivity contribution in [1.29, 1.82) is 0 Å². The number of para-hydroxylation sites is 1. The minimum Gasteiger partial charge on any atom is -0.505 e. The average Bonchev–Trinajstić information content (AvgIpc) is 2.50. The van der Waals surface area contributed by atoms with Crippen LogP contribution in [0, 0.1) is 13.8 Å². The summed E-state index contributed by atoms with van der Waals surface area (Å²) in [4.78, 5) is 0. The van der Waals surface area contributed by atoms with Gasteiger partial charge in [-0.1, -0.05) is 41.4 Å².